The Morgan fingerprint density at radius 3 is 2.80 bits per heavy atom. The normalized spacial score (nSPS) is 19.0. The minimum Gasteiger partial charge on any atom is -0.478 e. The van der Waals surface area contributed by atoms with Crippen LogP contribution >= 0.6 is 34.7 Å². The molecular formula is C25H27ClN9O7S2+. The van der Waals surface area contributed by atoms with Crippen molar-refractivity contribution in [2.24, 2.45) is 5.16 Å². The lowest BCUT2D eigenvalue weighted by molar-refractivity contribution is -0.663. The molecule has 2 amide bonds. The molecule has 16 nitrogen and oxygen atoms in total. The fraction of sp³-hybridized carbons (Fsp3) is 0.360. The maximum Gasteiger partial charge on any atom is 0.352 e. The molecule has 3 aromatic heterocycles. The molecule has 19 heteroatoms. The monoisotopic (exact) mass is 664 g/mol. The zero-order valence-corrected chi connectivity index (χ0v) is 25.6. The molecule has 0 spiro atoms. The Hall–Kier alpha value is -4.26. The molecule has 6 N–H and O–H groups in total. The van der Waals surface area contributed by atoms with Crippen LogP contribution in [0.4, 0.5) is 5.13 Å². The van der Waals surface area contributed by atoms with E-state index in [0.717, 1.165) is 33.8 Å². The summed E-state index contributed by atoms with van der Waals surface area (Å²) in [5, 5.41) is 32.3. The van der Waals surface area contributed by atoms with Crippen LogP contribution in [0.15, 0.2) is 41.0 Å². The Morgan fingerprint density at radius 2 is 2.14 bits per heavy atom. The standard InChI is InChI=1S/C25H26ClN9O7S2/c1-11(23(38)39)42-32-16(15-19(26)44-25(27)31-15)20(36)30-17-21(37)35-18(24(40)41)12(10-43-22(17)35)9-33-6-3-4-13-14(33)8-29-34(13)7-5-28-2/h3-4,6,8,11,17,22,28H,5,7,9-10H2,1-2H3,(H4-,27,30,31,36,38,39,40,41)/p+1/t11-,17?,22?/m0/s1. The average Bonchev–Trinajstić information content (AvgIpc) is 3.56. The van der Waals surface area contributed by atoms with Gasteiger partial charge in [-0.2, -0.15) is 9.67 Å². The van der Waals surface area contributed by atoms with Crippen LogP contribution in [0.3, 0.4) is 0 Å². The topological polar surface area (TPSA) is 218 Å². The fourth-order valence-electron chi connectivity index (χ4n) is 4.68. The van der Waals surface area contributed by atoms with E-state index in [9.17, 15) is 24.3 Å². The molecule has 3 aromatic rings. The lowest BCUT2D eigenvalue weighted by Crippen LogP contribution is -2.71. The van der Waals surface area contributed by atoms with Gasteiger partial charge in [0.25, 0.3) is 17.3 Å². The van der Waals surface area contributed by atoms with E-state index in [4.69, 9.17) is 27.3 Å². The van der Waals surface area contributed by atoms with E-state index in [1.54, 1.807) is 6.20 Å². The number of anilines is 1. The highest BCUT2D eigenvalue weighted by atomic mass is 35.5. The molecule has 0 radical (unpaired) electrons. The Balaban J connectivity index is 1.38. The van der Waals surface area contributed by atoms with Gasteiger partial charge < -0.3 is 31.4 Å². The van der Waals surface area contributed by atoms with Crippen molar-refractivity contribution >= 4 is 80.3 Å². The van der Waals surface area contributed by atoms with Crippen molar-refractivity contribution in [3.63, 3.8) is 0 Å². The first-order chi connectivity index (χ1) is 21.0. The molecule has 0 bridgehead atoms. The maximum absolute atomic E-state index is 13.3. The number of β-lactam (4-membered cyclic amide) rings is 1. The number of carboxylic acid groups (broad SMARTS) is 2. The quantitative estimate of drug-likeness (QED) is 0.0740. The van der Waals surface area contributed by atoms with Gasteiger partial charge in [-0.05, 0) is 20.0 Å². The number of nitrogens with two attached hydrogens (primary N) is 1. The number of carbonyl (C=O) groups excluding carboxylic acids is 2. The number of nitrogen functional groups attached to an aromatic ring is 1. The number of fused-ring (bicyclic) bond motifs is 2. The third-order valence-electron chi connectivity index (χ3n) is 6.85. The average molecular weight is 665 g/mol. The van der Waals surface area contributed by atoms with Crippen molar-refractivity contribution in [2.75, 3.05) is 25.1 Å². The number of oxime groups is 1. The molecule has 44 heavy (non-hydrogen) atoms. The van der Waals surface area contributed by atoms with Crippen molar-refractivity contribution in [3.05, 3.63) is 45.8 Å². The van der Waals surface area contributed by atoms with Gasteiger partial charge in [0.15, 0.2) is 23.6 Å². The van der Waals surface area contributed by atoms with Crippen LogP contribution in [-0.2, 0) is 37.1 Å². The molecule has 2 aliphatic heterocycles. The molecule has 0 aromatic carbocycles. The largest absolute Gasteiger partial charge is 0.478 e. The molecule has 0 aliphatic carbocycles. The summed E-state index contributed by atoms with van der Waals surface area (Å²) in [6, 6.07) is 2.67. The summed E-state index contributed by atoms with van der Waals surface area (Å²) in [7, 11) is 1.85. The highest BCUT2D eigenvalue weighted by Crippen LogP contribution is 2.40. The molecule has 5 rings (SSSR count). The van der Waals surface area contributed by atoms with Gasteiger partial charge in [-0.3, -0.25) is 19.2 Å². The van der Waals surface area contributed by atoms with Crippen molar-refractivity contribution in [2.45, 2.75) is 37.5 Å². The lowest BCUT2D eigenvalue weighted by Gasteiger charge is -2.49. The third-order valence-corrected chi connectivity index (χ3v) is 9.28. The molecule has 232 valence electrons. The molecule has 2 aliphatic rings. The number of nitrogens with zero attached hydrogens (tertiary/aromatic N) is 6. The summed E-state index contributed by atoms with van der Waals surface area (Å²) in [5.41, 5.74) is 7.10. The second kappa shape index (κ2) is 12.8. The smallest absolute Gasteiger partial charge is 0.352 e. The number of carboxylic acids is 2. The first-order valence-corrected chi connectivity index (χ1v) is 15.3. The second-order valence-corrected chi connectivity index (χ2v) is 12.4. The number of carbonyl (C=O) groups is 4. The van der Waals surface area contributed by atoms with E-state index in [1.165, 1.54) is 18.7 Å². The number of hydrogen-bond donors (Lipinski definition) is 5. The van der Waals surface area contributed by atoms with E-state index >= 15 is 0 Å². The van der Waals surface area contributed by atoms with Crippen LogP contribution in [0, 0.1) is 0 Å². The molecule has 3 atom stereocenters. The summed E-state index contributed by atoms with van der Waals surface area (Å²) in [6.45, 7) is 2.78. The van der Waals surface area contributed by atoms with Gasteiger partial charge in [-0.15, -0.1) is 11.8 Å². The van der Waals surface area contributed by atoms with Gasteiger partial charge in [0.05, 0.1) is 6.54 Å². The Bertz CT molecular complexity index is 1720. The number of hydrogen-bond acceptors (Lipinski definition) is 12. The summed E-state index contributed by atoms with van der Waals surface area (Å²) < 4.78 is 3.73. The highest BCUT2D eigenvalue weighted by Gasteiger charge is 2.55. The van der Waals surface area contributed by atoms with E-state index in [1.807, 2.05) is 34.6 Å². The number of halogens is 1. The summed E-state index contributed by atoms with van der Waals surface area (Å²) in [5.74, 6) is -3.91. The summed E-state index contributed by atoms with van der Waals surface area (Å²) >= 11 is 8.32. The number of rotatable bonds is 12. The van der Waals surface area contributed by atoms with E-state index in [2.05, 4.69) is 25.9 Å². The molecule has 2 unspecified atom stereocenters. The van der Waals surface area contributed by atoms with Crippen molar-refractivity contribution in [1.82, 2.24) is 30.3 Å². The number of aliphatic carboxylic acids is 2. The minimum absolute atomic E-state index is 0.00239. The molecule has 1 saturated heterocycles. The van der Waals surface area contributed by atoms with Crippen LogP contribution in [0.5, 0.6) is 0 Å². The van der Waals surface area contributed by atoms with Crippen molar-refractivity contribution < 1.29 is 38.8 Å². The van der Waals surface area contributed by atoms with Crippen LogP contribution in [0.1, 0.15) is 12.6 Å². The maximum atomic E-state index is 13.3. The SMILES string of the molecule is CNCCn1ncc2c1ccc[n+]2CC1=C(C(=O)O)N2C(=O)C(NC(=O)C(=NO[C@@H](C)C(=O)O)c3nc(N)sc3Cl)C2SC1. The number of likely N-dealkylation sites (N-methyl/N-ethyl adjacent to an activating group) is 1. The van der Waals surface area contributed by atoms with E-state index in [0.29, 0.717) is 12.1 Å². The van der Waals surface area contributed by atoms with E-state index in [-0.39, 0.29) is 33.2 Å². The fourth-order valence-corrected chi connectivity index (χ4v) is 6.95. The molecule has 5 heterocycles. The van der Waals surface area contributed by atoms with Gasteiger partial charge in [0, 0.05) is 23.9 Å². The Kier molecular flexibility index (Phi) is 9.05. The minimum atomic E-state index is -1.41. The molecule has 0 saturated carbocycles. The van der Waals surface area contributed by atoms with Gasteiger partial charge in [0.2, 0.25) is 6.10 Å². The Morgan fingerprint density at radius 1 is 1.36 bits per heavy atom. The first kappa shape index (κ1) is 31.2. The van der Waals surface area contributed by atoms with Crippen molar-refractivity contribution in [1.29, 1.82) is 0 Å². The number of thioether (sulfide) groups is 1. The highest BCUT2D eigenvalue weighted by molar-refractivity contribution is 8.00. The van der Waals surface area contributed by atoms with Gasteiger partial charge in [0.1, 0.15) is 38.9 Å². The van der Waals surface area contributed by atoms with Crippen molar-refractivity contribution in [3.8, 4) is 0 Å². The second-order valence-electron chi connectivity index (χ2n) is 9.70. The summed E-state index contributed by atoms with van der Waals surface area (Å²) in [4.78, 5) is 60.3. The van der Waals surface area contributed by atoms with E-state index < -0.39 is 47.0 Å². The predicted octanol–water partition coefficient (Wildman–Crippen LogP) is -0.132. The number of amides is 2. The van der Waals surface area contributed by atoms with Gasteiger partial charge >= 0.3 is 11.9 Å². The number of nitrogens with one attached hydrogen (secondary N) is 2. The number of aromatic nitrogens is 4. The number of thiazole rings is 1. The lowest BCUT2D eigenvalue weighted by atomic mass is 10.0. The summed E-state index contributed by atoms with van der Waals surface area (Å²) in [6.07, 6.45) is 2.13. The van der Waals surface area contributed by atoms with Gasteiger partial charge in [-0.1, -0.05) is 28.1 Å². The van der Waals surface area contributed by atoms with Crippen LogP contribution in [-0.4, -0.2) is 96.2 Å². The zero-order chi connectivity index (χ0) is 31.7. The first-order valence-electron chi connectivity index (χ1n) is 13.1. The van der Waals surface area contributed by atoms with Crippen LogP contribution in [0.25, 0.3) is 11.0 Å². The predicted molar refractivity (Wildman–Crippen MR) is 160 cm³/mol. The van der Waals surface area contributed by atoms with Crippen LogP contribution < -0.4 is 20.9 Å². The molecule has 1 fully saturated rings. The number of pyridine rings is 1. The zero-order valence-electron chi connectivity index (χ0n) is 23.3. The van der Waals surface area contributed by atoms with Crippen LogP contribution in [0.2, 0.25) is 4.34 Å². The van der Waals surface area contributed by atoms with Gasteiger partial charge in [-0.25, -0.2) is 14.6 Å². The molecular weight excluding hydrogens is 638 g/mol. The third kappa shape index (κ3) is 5.92. The Labute approximate surface area is 262 Å².